The first kappa shape index (κ1) is 12.7. The molecule has 1 saturated heterocycles. The molecule has 20 heavy (non-hydrogen) atoms. The Morgan fingerprint density at radius 3 is 2.60 bits per heavy atom. The highest BCUT2D eigenvalue weighted by molar-refractivity contribution is 5.80. The van der Waals surface area contributed by atoms with Crippen LogP contribution in [0.3, 0.4) is 0 Å². The molecule has 1 N–H and O–H groups in total. The summed E-state index contributed by atoms with van der Waals surface area (Å²) in [7, 11) is 0. The van der Waals surface area contributed by atoms with E-state index in [0.29, 0.717) is 6.61 Å². The summed E-state index contributed by atoms with van der Waals surface area (Å²) in [5.74, 6) is 0.855. The number of para-hydroxylation sites is 1. The standard InChI is InChI=1S/C16H16N2O2/c1-2-4-14(5-3-1)18-17-10-13-6-8-15(9-7-13)19-11-16-12-20-16/h1-10,16,18H,11-12H2. The number of epoxide rings is 1. The fourth-order valence-electron chi connectivity index (χ4n) is 1.70. The van der Waals surface area contributed by atoms with Crippen molar-refractivity contribution >= 4 is 11.9 Å². The van der Waals surface area contributed by atoms with Crippen molar-refractivity contribution in [3.63, 3.8) is 0 Å². The third-order valence-corrected chi connectivity index (χ3v) is 2.90. The van der Waals surface area contributed by atoms with Gasteiger partial charge < -0.3 is 9.47 Å². The van der Waals surface area contributed by atoms with Crippen LogP contribution in [0.15, 0.2) is 59.7 Å². The number of hydrazone groups is 1. The molecule has 1 aliphatic heterocycles. The Labute approximate surface area is 118 Å². The van der Waals surface area contributed by atoms with Crippen molar-refractivity contribution in [1.82, 2.24) is 0 Å². The summed E-state index contributed by atoms with van der Waals surface area (Å²) in [6, 6.07) is 17.7. The molecule has 1 atom stereocenters. The van der Waals surface area contributed by atoms with E-state index < -0.39 is 0 Å². The van der Waals surface area contributed by atoms with Crippen molar-refractivity contribution in [3.8, 4) is 5.75 Å². The van der Waals surface area contributed by atoms with E-state index >= 15 is 0 Å². The first-order valence-electron chi connectivity index (χ1n) is 6.59. The van der Waals surface area contributed by atoms with E-state index in [1.54, 1.807) is 6.21 Å². The van der Waals surface area contributed by atoms with Gasteiger partial charge in [-0.15, -0.1) is 0 Å². The average molecular weight is 268 g/mol. The lowest BCUT2D eigenvalue weighted by Crippen LogP contribution is -2.03. The van der Waals surface area contributed by atoms with Crippen molar-refractivity contribution in [2.24, 2.45) is 5.10 Å². The van der Waals surface area contributed by atoms with Gasteiger partial charge in [0.15, 0.2) is 0 Å². The van der Waals surface area contributed by atoms with Gasteiger partial charge in [-0.25, -0.2) is 0 Å². The highest BCUT2D eigenvalue weighted by Gasteiger charge is 2.22. The van der Waals surface area contributed by atoms with Gasteiger partial charge in [0.1, 0.15) is 18.5 Å². The lowest BCUT2D eigenvalue weighted by Gasteiger charge is -2.03. The molecule has 1 aliphatic rings. The highest BCUT2D eigenvalue weighted by Crippen LogP contribution is 2.15. The molecule has 1 unspecified atom stereocenters. The number of nitrogens with zero attached hydrogens (tertiary/aromatic N) is 1. The second-order valence-electron chi connectivity index (χ2n) is 4.57. The van der Waals surface area contributed by atoms with E-state index in [9.17, 15) is 0 Å². The summed E-state index contributed by atoms with van der Waals surface area (Å²) in [5, 5.41) is 4.19. The zero-order valence-corrected chi connectivity index (χ0v) is 11.0. The third-order valence-electron chi connectivity index (χ3n) is 2.90. The molecule has 3 rings (SSSR count). The number of hydrogen-bond acceptors (Lipinski definition) is 4. The number of benzene rings is 2. The van der Waals surface area contributed by atoms with E-state index in [-0.39, 0.29) is 6.10 Å². The van der Waals surface area contributed by atoms with Crippen molar-refractivity contribution in [2.75, 3.05) is 18.6 Å². The van der Waals surface area contributed by atoms with E-state index in [0.717, 1.165) is 23.6 Å². The van der Waals surface area contributed by atoms with Crippen LogP contribution in [0, 0.1) is 0 Å². The van der Waals surface area contributed by atoms with Gasteiger partial charge in [-0.1, -0.05) is 18.2 Å². The minimum atomic E-state index is 0.284. The lowest BCUT2D eigenvalue weighted by atomic mass is 10.2. The maximum atomic E-state index is 5.57. The lowest BCUT2D eigenvalue weighted by molar-refractivity contribution is 0.263. The summed E-state index contributed by atoms with van der Waals surface area (Å²) in [4.78, 5) is 0. The SMILES string of the molecule is C(=NNc1ccccc1)c1ccc(OCC2CO2)cc1. The fraction of sp³-hybridized carbons (Fsp3) is 0.188. The summed E-state index contributed by atoms with van der Waals surface area (Å²) >= 11 is 0. The summed E-state index contributed by atoms with van der Waals surface area (Å²) in [6.07, 6.45) is 2.06. The van der Waals surface area contributed by atoms with E-state index in [4.69, 9.17) is 9.47 Å². The molecular weight excluding hydrogens is 252 g/mol. The van der Waals surface area contributed by atoms with Crippen molar-refractivity contribution in [1.29, 1.82) is 0 Å². The zero-order valence-electron chi connectivity index (χ0n) is 11.0. The number of ether oxygens (including phenoxy) is 2. The Morgan fingerprint density at radius 1 is 1.15 bits per heavy atom. The number of anilines is 1. The number of hydrogen-bond donors (Lipinski definition) is 1. The van der Waals surface area contributed by atoms with Gasteiger partial charge in [0, 0.05) is 0 Å². The topological polar surface area (TPSA) is 46.2 Å². The average Bonchev–Trinajstić information content (AvgIpc) is 3.32. The molecule has 0 radical (unpaired) electrons. The van der Waals surface area contributed by atoms with Gasteiger partial charge >= 0.3 is 0 Å². The predicted octanol–water partition coefficient (Wildman–Crippen LogP) is 2.91. The Kier molecular flexibility index (Phi) is 3.94. The molecule has 4 nitrogen and oxygen atoms in total. The molecule has 0 aromatic heterocycles. The quantitative estimate of drug-likeness (QED) is 0.498. The van der Waals surface area contributed by atoms with E-state index in [1.807, 2.05) is 54.6 Å². The fourth-order valence-corrected chi connectivity index (χ4v) is 1.70. The van der Waals surface area contributed by atoms with Crippen LogP contribution in [0.4, 0.5) is 5.69 Å². The Bertz CT molecular complexity index is 563. The second-order valence-corrected chi connectivity index (χ2v) is 4.57. The molecule has 2 aromatic carbocycles. The molecule has 102 valence electrons. The van der Waals surface area contributed by atoms with Gasteiger partial charge in [-0.05, 0) is 42.0 Å². The maximum absolute atomic E-state index is 5.57. The number of rotatable bonds is 6. The normalized spacial score (nSPS) is 17.1. The summed E-state index contributed by atoms with van der Waals surface area (Å²) in [6.45, 7) is 1.44. The molecule has 2 aromatic rings. The maximum Gasteiger partial charge on any atom is 0.119 e. The Morgan fingerprint density at radius 2 is 1.90 bits per heavy atom. The van der Waals surface area contributed by atoms with Crippen LogP contribution in [0.1, 0.15) is 5.56 Å². The van der Waals surface area contributed by atoms with Crippen LogP contribution >= 0.6 is 0 Å². The summed E-state index contributed by atoms with van der Waals surface area (Å²) < 4.78 is 10.7. The Balaban J connectivity index is 1.51. The minimum absolute atomic E-state index is 0.284. The van der Waals surface area contributed by atoms with Gasteiger partial charge in [-0.3, -0.25) is 5.43 Å². The van der Waals surface area contributed by atoms with Crippen LogP contribution < -0.4 is 10.2 Å². The van der Waals surface area contributed by atoms with Crippen molar-refractivity contribution in [3.05, 3.63) is 60.2 Å². The largest absolute Gasteiger partial charge is 0.491 e. The second kappa shape index (κ2) is 6.21. The predicted molar refractivity (Wildman–Crippen MR) is 79.3 cm³/mol. The molecule has 0 spiro atoms. The van der Waals surface area contributed by atoms with Crippen molar-refractivity contribution in [2.45, 2.75) is 6.10 Å². The molecule has 1 fully saturated rings. The summed E-state index contributed by atoms with van der Waals surface area (Å²) in [5.41, 5.74) is 4.96. The van der Waals surface area contributed by atoms with Gasteiger partial charge in [0.25, 0.3) is 0 Å². The third kappa shape index (κ3) is 3.83. The molecular formula is C16H16N2O2. The minimum Gasteiger partial charge on any atom is -0.491 e. The first-order valence-corrected chi connectivity index (χ1v) is 6.59. The molecule has 0 aliphatic carbocycles. The molecule has 0 amide bonds. The first-order chi connectivity index (χ1) is 9.90. The van der Waals surface area contributed by atoms with E-state index in [2.05, 4.69) is 10.5 Å². The van der Waals surface area contributed by atoms with Crippen LogP contribution in [0.25, 0.3) is 0 Å². The van der Waals surface area contributed by atoms with E-state index in [1.165, 1.54) is 0 Å². The van der Waals surface area contributed by atoms with Crippen LogP contribution in [-0.4, -0.2) is 25.5 Å². The van der Waals surface area contributed by atoms with Gasteiger partial charge in [0.05, 0.1) is 18.5 Å². The molecule has 0 bridgehead atoms. The molecule has 0 saturated carbocycles. The monoisotopic (exact) mass is 268 g/mol. The van der Waals surface area contributed by atoms with Gasteiger partial charge in [0.2, 0.25) is 0 Å². The zero-order chi connectivity index (χ0) is 13.6. The van der Waals surface area contributed by atoms with Crippen LogP contribution in [-0.2, 0) is 4.74 Å². The molecule has 1 heterocycles. The smallest absolute Gasteiger partial charge is 0.119 e. The highest BCUT2D eigenvalue weighted by atomic mass is 16.6. The Hall–Kier alpha value is -2.33. The van der Waals surface area contributed by atoms with Crippen LogP contribution in [0.2, 0.25) is 0 Å². The molecule has 4 heteroatoms. The number of nitrogens with one attached hydrogen (secondary N) is 1. The van der Waals surface area contributed by atoms with Crippen molar-refractivity contribution < 1.29 is 9.47 Å². The van der Waals surface area contributed by atoms with Crippen LogP contribution in [0.5, 0.6) is 5.75 Å². The van der Waals surface area contributed by atoms with Gasteiger partial charge in [-0.2, -0.15) is 5.10 Å².